The van der Waals surface area contributed by atoms with Gasteiger partial charge in [-0.15, -0.1) is 11.3 Å². The predicted octanol–water partition coefficient (Wildman–Crippen LogP) is 3.36. The Kier molecular flexibility index (Phi) is 3.94. The molecule has 3 rings (SSSR count). The number of rotatable bonds is 4. The standard InChI is InChI=1S/C16H18O3S/c1-2-12-4-5-13(20-12)10-14(17)11-3-6-15-16(9-11)19-8-7-18-15/h3-6,9,14,17H,2,7-8,10H2,1H3. The summed E-state index contributed by atoms with van der Waals surface area (Å²) in [5.41, 5.74) is 0.876. The molecule has 1 N–H and O–H groups in total. The summed E-state index contributed by atoms with van der Waals surface area (Å²) in [5.74, 6) is 1.49. The number of hydrogen-bond donors (Lipinski definition) is 1. The Morgan fingerprint density at radius 1 is 1.10 bits per heavy atom. The second-order valence-corrected chi connectivity index (χ2v) is 6.10. The van der Waals surface area contributed by atoms with Gasteiger partial charge in [-0.2, -0.15) is 0 Å². The molecule has 2 aromatic rings. The Morgan fingerprint density at radius 2 is 1.85 bits per heavy atom. The smallest absolute Gasteiger partial charge is 0.161 e. The van der Waals surface area contributed by atoms with Crippen molar-refractivity contribution >= 4 is 11.3 Å². The molecule has 1 aliphatic heterocycles. The lowest BCUT2D eigenvalue weighted by Crippen LogP contribution is -2.15. The average Bonchev–Trinajstić information content (AvgIpc) is 2.94. The van der Waals surface area contributed by atoms with E-state index < -0.39 is 6.10 Å². The molecule has 20 heavy (non-hydrogen) atoms. The van der Waals surface area contributed by atoms with E-state index in [1.807, 2.05) is 18.2 Å². The fourth-order valence-electron chi connectivity index (χ4n) is 2.30. The monoisotopic (exact) mass is 290 g/mol. The molecule has 0 aliphatic carbocycles. The van der Waals surface area contributed by atoms with Crippen molar-refractivity contribution in [1.29, 1.82) is 0 Å². The zero-order valence-electron chi connectivity index (χ0n) is 11.5. The van der Waals surface area contributed by atoms with Gasteiger partial charge in [0, 0.05) is 16.2 Å². The molecule has 0 amide bonds. The molecule has 106 valence electrons. The average molecular weight is 290 g/mol. The van der Waals surface area contributed by atoms with Gasteiger partial charge in [0.2, 0.25) is 0 Å². The van der Waals surface area contributed by atoms with E-state index in [1.165, 1.54) is 9.75 Å². The second kappa shape index (κ2) is 5.85. The third-order valence-corrected chi connectivity index (χ3v) is 4.66. The van der Waals surface area contributed by atoms with Gasteiger partial charge < -0.3 is 14.6 Å². The van der Waals surface area contributed by atoms with Crippen LogP contribution in [0.5, 0.6) is 11.5 Å². The summed E-state index contributed by atoms with van der Waals surface area (Å²) in [6, 6.07) is 9.90. The Balaban J connectivity index is 1.74. The third kappa shape index (κ3) is 2.81. The zero-order chi connectivity index (χ0) is 13.9. The van der Waals surface area contributed by atoms with Gasteiger partial charge in [0.1, 0.15) is 13.2 Å². The van der Waals surface area contributed by atoms with Crippen LogP contribution in [0.25, 0.3) is 0 Å². The molecule has 1 unspecified atom stereocenters. The molecule has 1 aromatic heterocycles. The molecule has 0 saturated carbocycles. The molecule has 1 aliphatic rings. The number of aliphatic hydroxyl groups is 1. The maximum atomic E-state index is 10.4. The first-order valence-electron chi connectivity index (χ1n) is 6.91. The van der Waals surface area contributed by atoms with Gasteiger partial charge in [-0.25, -0.2) is 0 Å². The molecule has 0 fully saturated rings. The van der Waals surface area contributed by atoms with Crippen LogP contribution in [0.15, 0.2) is 30.3 Å². The summed E-state index contributed by atoms with van der Waals surface area (Å²) < 4.78 is 11.0. The summed E-state index contributed by atoms with van der Waals surface area (Å²) in [6.45, 7) is 3.30. The summed E-state index contributed by atoms with van der Waals surface area (Å²) in [6.07, 6.45) is 1.18. The van der Waals surface area contributed by atoms with Crippen LogP contribution in [0.3, 0.4) is 0 Å². The largest absolute Gasteiger partial charge is 0.486 e. The van der Waals surface area contributed by atoms with Gasteiger partial charge in [0.15, 0.2) is 11.5 Å². The summed E-state index contributed by atoms with van der Waals surface area (Å²) in [4.78, 5) is 2.57. The maximum Gasteiger partial charge on any atom is 0.161 e. The molecule has 0 saturated heterocycles. The van der Waals surface area contributed by atoms with Crippen molar-refractivity contribution in [2.45, 2.75) is 25.9 Å². The SMILES string of the molecule is CCc1ccc(CC(O)c2ccc3c(c2)OCCO3)s1. The molecule has 4 heteroatoms. The number of hydrogen-bond acceptors (Lipinski definition) is 4. The topological polar surface area (TPSA) is 38.7 Å². The van der Waals surface area contributed by atoms with Crippen molar-refractivity contribution in [3.63, 3.8) is 0 Å². The van der Waals surface area contributed by atoms with Gasteiger partial charge in [0.25, 0.3) is 0 Å². The second-order valence-electron chi connectivity index (χ2n) is 4.84. The highest BCUT2D eigenvalue weighted by Gasteiger charge is 2.16. The zero-order valence-corrected chi connectivity index (χ0v) is 12.3. The first kappa shape index (κ1) is 13.5. The highest BCUT2D eigenvalue weighted by Crippen LogP contribution is 2.34. The normalized spacial score (nSPS) is 15.1. The first-order chi connectivity index (χ1) is 9.76. The van der Waals surface area contributed by atoms with Crippen LogP contribution >= 0.6 is 11.3 Å². The highest BCUT2D eigenvalue weighted by molar-refractivity contribution is 7.11. The van der Waals surface area contributed by atoms with Crippen molar-refractivity contribution in [2.24, 2.45) is 0 Å². The van der Waals surface area contributed by atoms with E-state index in [1.54, 1.807) is 11.3 Å². The highest BCUT2D eigenvalue weighted by atomic mass is 32.1. The minimum Gasteiger partial charge on any atom is -0.486 e. The number of ether oxygens (including phenoxy) is 2. The fourth-order valence-corrected chi connectivity index (χ4v) is 3.29. The predicted molar refractivity (Wildman–Crippen MR) is 79.8 cm³/mol. The summed E-state index contributed by atoms with van der Waals surface area (Å²) >= 11 is 1.77. The van der Waals surface area contributed by atoms with E-state index in [2.05, 4.69) is 19.1 Å². The molecule has 3 nitrogen and oxygen atoms in total. The van der Waals surface area contributed by atoms with E-state index in [4.69, 9.17) is 9.47 Å². The number of thiophene rings is 1. The lowest BCUT2D eigenvalue weighted by atomic mass is 10.0. The van der Waals surface area contributed by atoms with Crippen LogP contribution in [0.4, 0.5) is 0 Å². The van der Waals surface area contributed by atoms with Crippen molar-refractivity contribution in [3.8, 4) is 11.5 Å². The van der Waals surface area contributed by atoms with Crippen LogP contribution in [-0.4, -0.2) is 18.3 Å². The summed E-state index contributed by atoms with van der Waals surface area (Å²) in [5, 5.41) is 10.4. The van der Waals surface area contributed by atoms with Crippen LogP contribution in [0.1, 0.15) is 28.3 Å². The molecule has 2 heterocycles. The van der Waals surface area contributed by atoms with E-state index in [9.17, 15) is 5.11 Å². The van der Waals surface area contributed by atoms with Crippen molar-refractivity contribution in [3.05, 3.63) is 45.6 Å². The first-order valence-corrected chi connectivity index (χ1v) is 7.73. The lowest BCUT2D eigenvalue weighted by Gasteiger charge is -2.20. The summed E-state index contributed by atoms with van der Waals surface area (Å²) in [7, 11) is 0. The Morgan fingerprint density at radius 3 is 2.60 bits per heavy atom. The molecular weight excluding hydrogens is 272 g/mol. The van der Waals surface area contributed by atoms with E-state index in [0.29, 0.717) is 19.6 Å². The van der Waals surface area contributed by atoms with Gasteiger partial charge >= 0.3 is 0 Å². The van der Waals surface area contributed by atoms with Gasteiger partial charge in [0.05, 0.1) is 6.10 Å². The Hall–Kier alpha value is -1.52. The molecule has 1 aromatic carbocycles. The molecule has 1 atom stereocenters. The number of benzene rings is 1. The fraction of sp³-hybridized carbons (Fsp3) is 0.375. The maximum absolute atomic E-state index is 10.4. The number of aliphatic hydroxyl groups excluding tert-OH is 1. The van der Waals surface area contributed by atoms with E-state index in [-0.39, 0.29) is 0 Å². The molecular formula is C16H18O3S. The number of aryl methyl sites for hydroxylation is 1. The molecule has 0 spiro atoms. The van der Waals surface area contributed by atoms with Crippen LogP contribution in [0, 0.1) is 0 Å². The molecule has 0 bridgehead atoms. The van der Waals surface area contributed by atoms with Gasteiger partial charge in [-0.3, -0.25) is 0 Å². The molecule has 0 radical (unpaired) electrons. The van der Waals surface area contributed by atoms with Crippen LogP contribution in [-0.2, 0) is 12.8 Å². The lowest BCUT2D eigenvalue weighted by molar-refractivity contribution is 0.165. The minimum atomic E-state index is -0.505. The third-order valence-electron chi connectivity index (χ3n) is 3.41. The quantitative estimate of drug-likeness (QED) is 0.938. The Bertz CT molecular complexity index is 591. The minimum absolute atomic E-state index is 0.505. The van der Waals surface area contributed by atoms with Gasteiger partial charge in [-0.1, -0.05) is 13.0 Å². The Labute approximate surface area is 122 Å². The van der Waals surface area contributed by atoms with Crippen molar-refractivity contribution < 1.29 is 14.6 Å². The van der Waals surface area contributed by atoms with E-state index in [0.717, 1.165) is 23.5 Å². The van der Waals surface area contributed by atoms with E-state index >= 15 is 0 Å². The van der Waals surface area contributed by atoms with Crippen LogP contribution in [0.2, 0.25) is 0 Å². The number of fused-ring (bicyclic) bond motifs is 1. The van der Waals surface area contributed by atoms with Crippen molar-refractivity contribution in [2.75, 3.05) is 13.2 Å². The van der Waals surface area contributed by atoms with Crippen molar-refractivity contribution in [1.82, 2.24) is 0 Å². The van der Waals surface area contributed by atoms with Gasteiger partial charge in [-0.05, 0) is 36.2 Å². The van der Waals surface area contributed by atoms with Crippen LogP contribution < -0.4 is 9.47 Å².